The monoisotopic (exact) mass is 541 g/mol. The Labute approximate surface area is 235 Å². The summed E-state index contributed by atoms with van der Waals surface area (Å²) in [5, 5.41) is 9.24. The summed E-state index contributed by atoms with van der Waals surface area (Å²) in [4.78, 5) is 21.0. The van der Waals surface area contributed by atoms with Crippen molar-refractivity contribution in [1.29, 1.82) is 5.26 Å². The lowest BCUT2D eigenvalue weighted by Gasteiger charge is -2.38. The highest BCUT2D eigenvalue weighted by Crippen LogP contribution is 2.26. The Hall–Kier alpha value is -3.80. The number of carbonyl (C=O) groups excluding carboxylic acids is 1. The molecule has 2 fully saturated rings. The van der Waals surface area contributed by atoms with E-state index in [1.54, 1.807) is 18.3 Å². The minimum absolute atomic E-state index is 0.0757. The van der Waals surface area contributed by atoms with Gasteiger partial charge in [0.2, 0.25) is 11.8 Å². The predicted octanol–water partition coefficient (Wildman–Crippen LogP) is 4.66. The third kappa shape index (κ3) is 6.33. The minimum Gasteiger partial charge on any atom is -0.472 e. The van der Waals surface area contributed by atoms with Crippen molar-refractivity contribution in [1.82, 2.24) is 14.8 Å². The van der Waals surface area contributed by atoms with Gasteiger partial charge in [0.25, 0.3) is 0 Å². The number of benzene rings is 2. The van der Waals surface area contributed by atoms with Crippen molar-refractivity contribution in [2.45, 2.75) is 63.8 Å². The number of hydrogen-bond acceptors (Lipinski definition) is 6. The number of ether oxygens (including phenoxy) is 1. The van der Waals surface area contributed by atoms with Gasteiger partial charge in [-0.15, -0.1) is 0 Å². The van der Waals surface area contributed by atoms with Gasteiger partial charge >= 0.3 is 0 Å². The molecule has 0 bridgehead atoms. The number of aromatic nitrogens is 1. The molecule has 208 valence electrons. The van der Waals surface area contributed by atoms with E-state index >= 15 is 0 Å². The molecule has 2 unspecified atom stereocenters. The summed E-state index contributed by atoms with van der Waals surface area (Å²) in [5.74, 6) is 0.359. The molecule has 5 rings (SSSR count). The first-order valence-electron chi connectivity index (χ1n) is 14.0. The van der Waals surface area contributed by atoms with E-state index < -0.39 is 17.9 Å². The number of halogens is 1. The number of rotatable bonds is 9. The molecule has 0 aliphatic carbocycles. The van der Waals surface area contributed by atoms with Crippen LogP contribution in [0.25, 0.3) is 11.1 Å². The van der Waals surface area contributed by atoms with Crippen LogP contribution in [0.15, 0.2) is 60.8 Å². The molecule has 2 aliphatic rings. The van der Waals surface area contributed by atoms with Crippen LogP contribution < -0.4 is 10.5 Å². The Balaban J connectivity index is 1.11. The SMILES string of the molecule is CC(C)c1ccc(CN2CC(Oc3ccc(-c4ccc(CC(N)C(=O)N5CCCC5C#N)c(F)c4)cn3)C2)cc1. The van der Waals surface area contributed by atoms with E-state index in [1.807, 2.05) is 12.1 Å². The lowest BCUT2D eigenvalue weighted by atomic mass is 10.0. The Kier molecular flexibility index (Phi) is 8.43. The average molecular weight is 542 g/mol. The maximum Gasteiger partial charge on any atom is 0.240 e. The van der Waals surface area contributed by atoms with Gasteiger partial charge in [-0.2, -0.15) is 5.26 Å². The van der Waals surface area contributed by atoms with E-state index in [2.05, 4.69) is 54.1 Å². The fraction of sp³-hybridized carbons (Fsp3) is 0.406. The zero-order valence-corrected chi connectivity index (χ0v) is 23.1. The van der Waals surface area contributed by atoms with Crippen molar-refractivity contribution in [3.63, 3.8) is 0 Å². The molecule has 1 amide bonds. The second kappa shape index (κ2) is 12.2. The number of nitrogens with two attached hydrogens (primary N) is 1. The van der Waals surface area contributed by atoms with Crippen molar-refractivity contribution in [3.8, 4) is 23.1 Å². The summed E-state index contributed by atoms with van der Waals surface area (Å²) in [5.41, 5.74) is 10.6. The summed E-state index contributed by atoms with van der Waals surface area (Å²) in [7, 11) is 0. The van der Waals surface area contributed by atoms with Gasteiger partial charge in [-0.3, -0.25) is 9.69 Å². The molecule has 2 atom stereocenters. The predicted molar refractivity (Wildman–Crippen MR) is 152 cm³/mol. The van der Waals surface area contributed by atoms with Crippen LogP contribution in [0.4, 0.5) is 4.39 Å². The number of carbonyl (C=O) groups is 1. The highest BCUT2D eigenvalue weighted by Gasteiger charge is 2.32. The maximum absolute atomic E-state index is 14.9. The lowest BCUT2D eigenvalue weighted by molar-refractivity contribution is -0.132. The van der Waals surface area contributed by atoms with E-state index in [0.717, 1.165) is 31.6 Å². The molecule has 0 saturated carbocycles. The normalized spacial score (nSPS) is 18.4. The zero-order chi connectivity index (χ0) is 28.2. The molecule has 3 aromatic rings. The van der Waals surface area contributed by atoms with Gasteiger partial charge in [-0.05, 0) is 59.6 Å². The number of nitrogens with zero attached hydrogens (tertiary/aromatic N) is 4. The molecular formula is C32H36FN5O2. The van der Waals surface area contributed by atoms with Gasteiger partial charge in [-0.1, -0.05) is 50.2 Å². The molecule has 40 heavy (non-hydrogen) atoms. The third-order valence-corrected chi connectivity index (χ3v) is 7.83. The quantitative estimate of drug-likeness (QED) is 0.424. The molecule has 8 heteroatoms. The first kappa shape index (κ1) is 27.8. The first-order valence-corrected chi connectivity index (χ1v) is 14.0. The summed E-state index contributed by atoms with van der Waals surface area (Å²) >= 11 is 0. The second-order valence-corrected chi connectivity index (χ2v) is 11.2. The highest BCUT2D eigenvalue weighted by molar-refractivity contribution is 5.83. The van der Waals surface area contributed by atoms with Crippen LogP contribution >= 0.6 is 0 Å². The maximum atomic E-state index is 14.9. The van der Waals surface area contributed by atoms with Gasteiger partial charge < -0.3 is 15.4 Å². The van der Waals surface area contributed by atoms with Gasteiger partial charge in [-0.25, -0.2) is 9.37 Å². The number of nitriles is 1. The van der Waals surface area contributed by atoms with Gasteiger partial charge in [0.05, 0.1) is 12.1 Å². The van der Waals surface area contributed by atoms with Crippen LogP contribution in [0.1, 0.15) is 49.3 Å². The molecule has 2 N–H and O–H groups in total. The number of amides is 1. The molecule has 0 radical (unpaired) electrons. The standard InChI is InChI=1S/C32H36FN5O2/c1-21(2)23-7-5-22(6-8-23)18-37-19-28(20-37)40-31-12-11-26(17-36-31)24-9-10-25(29(33)14-24)15-30(35)32(39)38-13-3-4-27(38)16-34/h5-12,14,17,21,27-28,30H,3-4,13,15,18-20,35H2,1-2H3. The average Bonchev–Trinajstić information content (AvgIpc) is 3.42. The Morgan fingerprint density at radius 1 is 1.15 bits per heavy atom. The molecule has 2 aliphatic heterocycles. The summed E-state index contributed by atoms with van der Waals surface area (Å²) in [6, 6.07) is 18.2. The third-order valence-electron chi connectivity index (χ3n) is 7.83. The fourth-order valence-electron chi connectivity index (χ4n) is 5.38. The second-order valence-electron chi connectivity index (χ2n) is 11.2. The Morgan fingerprint density at radius 2 is 1.90 bits per heavy atom. The largest absolute Gasteiger partial charge is 0.472 e. The van der Waals surface area contributed by atoms with Crippen LogP contribution in [0, 0.1) is 17.1 Å². The lowest BCUT2D eigenvalue weighted by Crippen LogP contribution is -2.53. The van der Waals surface area contributed by atoms with Crippen LogP contribution in [0.5, 0.6) is 5.88 Å². The van der Waals surface area contributed by atoms with Crippen molar-refractivity contribution >= 4 is 5.91 Å². The van der Waals surface area contributed by atoms with Crippen molar-refractivity contribution < 1.29 is 13.9 Å². The van der Waals surface area contributed by atoms with Crippen LogP contribution in [0.2, 0.25) is 0 Å². The Bertz CT molecular complexity index is 1360. The van der Waals surface area contributed by atoms with E-state index in [4.69, 9.17) is 10.5 Å². The van der Waals surface area contributed by atoms with E-state index in [1.165, 1.54) is 22.1 Å². The van der Waals surface area contributed by atoms with Crippen molar-refractivity contribution in [2.24, 2.45) is 5.73 Å². The minimum atomic E-state index is -0.889. The number of pyridine rings is 1. The summed E-state index contributed by atoms with van der Waals surface area (Å²) < 4.78 is 21.0. The molecule has 1 aromatic heterocycles. The molecule has 2 aromatic carbocycles. The number of hydrogen-bond donors (Lipinski definition) is 1. The van der Waals surface area contributed by atoms with E-state index in [9.17, 15) is 14.4 Å². The summed E-state index contributed by atoms with van der Waals surface area (Å²) in [6.45, 7) is 7.53. The van der Waals surface area contributed by atoms with Gasteiger partial charge in [0, 0.05) is 44.0 Å². The molecule has 7 nitrogen and oxygen atoms in total. The zero-order valence-electron chi connectivity index (χ0n) is 23.1. The van der Waals surface area contributed by atoms with Gasteiger partial charge in [0.15, 0.2) is 0 Å². The highest BCUT2D eigenvalue weighted by atomic mass is 19.1. The van der Waals surface area contributed by atoms with Crippen LogP contribution in [-0.2, 0) is 17.8 Å². The molecule has 3 heterocycles. The first-order chi connectivity index (χ1) is 19.3. The van der Waals surface area contributed by atoms with Crippen molar-refractivity contribution in [2.75, 3.05) is 19.6 Å². The Morgan fingerprint density at radius 3 is 2.55 bits per heavy atom. The summed E-state index contributed by atoms with van der Waals surface area (Å²) in [6.07, 6.45) is 3.29. The number of likely N-dealkylation sites (tertiary alicyclic amines) is 2. The van der Waals surface area contributed by atoms with Gasteiger partial charge in [0.1, 0.15) is 18.0 Å². The fourth-order valence-corrected chi connectivity index (χ4v) is 5.38. The van der Waals surface area contributed by atoms with Crippen LogP contribution in [0.3, 0.4) is 0 Å². The topological polar surface area (TPSA) is 95.5 Å². The molecule has 2 saturated heterocycles. The van der Waals surface area contributed by atoms with E-state index in [-0.39, 0.29) is 18.4 Å². The molecule has 0 spiro atoms. The molecular weight excluding hydrogens is 505 g/mol. The van der Waals surface area contributed by atoms with Crippen molar-refractivity contribution in [3.05, 3.63) is 83.3 Å². The van der Waals surface area contributed by atoms with Crippen LogP contribution in [-0.4, -0.2) is 58.5 Å². The van der Waals surface area contributed by atoms with E-state index in [0.29, 0.717) is 35.9 Å². The smallest absolute Gasteiger partial charge is 0.240 e.